The van der Waals surface area contributed by atoms with Gasteiger partial charge in [-0.05, 0) is 30.2 Å². The van der Waals surface area contributed by atoms with Gasteiger partial charge < -0.3 is 10.1 Å². The van der Waals surface area contributed by atoms with Gasteiger partial charge in [-0.15, -0.1) is 0 Å². The maximum atomic E-state index is 12.4. The number of nitriles is 1. The van der Waals surface area contributed by atoms with E-state index in [0.29, 0.717) is 25.3 Å². The number of carbonyl (C=O) groups excluding carboxylic acids is 1. The number of ether oxygens (including phenoxy) is 1. The Morgan fingerprint density at radius 3 is 2.64 bits per heavy atom. The first kappa shape index (κ1) is 19.8. The summed E-state index contributed by atoms with van der Waals surface area (Å²) in [6.45, 7) is 5.70. The molecule has 28 heavy (non-hydrogen) atoms. The Labute approximate surface area is 166 Å². The van der Waals surface area contributed by atoms with Crippen molar-refractivity contribution in [2.75, 3.05) is 32.8 Å². The summed E-state index contributed by atoms with van der Waals surface area (Å²) in [5, 5.41) is 12.2. The van der Waals surface area contributed by atoms with Gasteiger partial charge in [0.15, 0.2) is 0 Å². The molecule has 5 nitrogen and oxygen atoms in total. The van der Waals surface area contributed by atoms with Crippen molar-refractivity contribution in [3.05, 3.63) is 76.9 Å². The highest BCUT2D eigenvalue weighted by Crippen LogP contribution is 2.22. The first-order valence-electron chi connectivity index (χ1n) is 9.51. The molecule has 1 fully saturated rings. The highest BCUT2D eigenvalue weighted by Gasteiger charge is 2.22. The molecule has 5 heteroatoms. The molecule has 0 spiro atoms. The van der Waals surface area contributed by atoms with E-state index in [2.05, 4.69) is 47.5 Å². The van der Waals surface area contributed by atoms with E-state index < -0.39 is 0 Å². The van der Waals surface area contributed by atoms with Crippen LogP contribution in [0.1, 0.15) is 28.3 Å². The SMILES string of the molecule is Cc1ccc(C(CNC(=O)/C=C/c2ccccc2C#N)N2CCOCC2)cc1. The monoisotopic (exact) mass is 375 g/mol. The Hall–Kier alpha value is -2.94. The van der Waals surface area contributed by atoms with Crippen molar-refractivity contribution < 1.29 is 9.53 Å². The molecule has 144 valence electrons. The minimum atomic E-state index is -0.168. The first-order valence-corrected chi connectivity index (χ1v) is 9.51. The predicted molar refractivity (Wildman–Crippen MR) is 110 cm³/mol. The molecule has 0 aromatic heterocycles. The lowest BCUT2D eigenvalue weighted by Crippen LogP contribution is -2.43. The molecule has 1 atom stereocenters. The number of morpholine rings is 1. The summed E-state index contributed by atoms with van der Waals surface area (Å²) in [5.74, 6) is -0.168. The summed E-state index contributed by atoms with van der Waals surface area (Å²) < 4.78 is 5.47. The minimum absolute atomic E-state index is 0.105. The molecule has 0 saturated carbocycles. The molecular formula is C23H25N3O2. The van der Waals surface area contributed by atoms with Crippen molar-refractivity contribution in [1.82, 2.24) is 10.2 Å². The minimum Gasteiger partial charge on any atom is -0.379 e. The Kier molecular flexibility index (Phi) is 6.96. The van der Waals surface area contributed by atoms with Gasteiger partial charge in [0.05, 0.1) is 30.9 Å². The van der Waals surface area contributed by atoms with Crippen molar-refractivity contribution >= 4 is 12.0 Å². The molecule has 1 unspecified atom stereocenters. The third kappa shape index (κ3) is 5.29. The second kappa shape index (κ2) is 9.84. The van der Waals surface area contributed by atoms with Gasteiger partial charge >= 0.3 is 0 Å². The second-order valence-corrected chi connectivity index (χ2v) is 6.85. The summed E-state index contributed by atoms with van der Waals surface area (Å²) in [5.41, 5.74) is 3.69. The molecule has 1 heterocycles. The normalized spacial score (nSPS) is 15.9. The number of aryl methyl sites for hydroxylation is 1. The Balaban J connectivity index is 1.67. The largest absolute Gasteiger partial charge is 0.379 e. The van der Waals surface area contributed by atoms with Crippen LogP contribution in [-0.2, 0) is 9.53 Å². The van der Waals surface area contributed by atoms with E-state index in [-0.39, 0.29) is 11.9 Å². The number of nitrogens with one attached hydrogen (secondary N) is 1. The molecule has 0 radical (unpaired) electrons. The number of nitrogens with zero attached hydrogens (tertiary/aromatic N) is 2. The summed E-state index contributed by atoms with van der Waals surface area (Å²) in [7, 11) is 0. The van der Waals surface area contributed by atoms with Crippen molar-refractivity contribution in [3.8, 4) is 6.07 Å². The average molecular weight is 375 g/mol. The summed E-state index contributed by atoms with van der Waals surface area (Å²) >= 11 is 0. The lowest BCUT2D eigenvalue weighted by molar-refractivity contribution is -0.116. The van der Waals surface area contributed by atoms with Crippen LogP contribution in [0.5, 0.6) is 0 Å². The number of hydrogen-bond acceptors (Lipinski definition) is 4. The number of hydrogen-bond donors (Lipinski definition) is 1. The molecule has 2 aromatic carbocycles. The zero-order valence-electron chi connectivity index (χ0n) is 16.1. The van der Waals surface area contributed by atoms with Gasteiger partial charge in [-0.2, -0.15) is 5.26 Å². The molecule has 1 N–H and O–H groups in total. The van der Waals surface area contributed by atoms with Gasteiger partial charge in [0.1, 0.15) is 0 Å². The van der Waals surface area contributed by atoms with Crippen molar-refractivity contribution in [3.63, 3.8) is 0 Å². The van der Waals surface area contributed by atoms with Gasteiger partial charge in [0.2, 0.25) is 5.91 Å². The van der Waals surface area contributed by atoms with Crippen LogP contribution >= 0.6 is 0 Å². The van der Waals surface area contributed by atoms with Crippen LogP contribution < -0.4 is 5.32 Å². The van der Waals surface area contributed by atoms with E-state index in [0.717, 1.165) is 18.7 Å². The van der Waals surface area contributed by atoms with Crippen molar-refractivity contribution in [2.45, 2.75) is 13.0 Å². The van der Waals surface area contributed by atoms with Crippen LogP contribution in [-0.4, -0.2) is 43.7 Å². The molecule has 0 bridgehead atoms. The van der Waals surface area contributed by atoms with Crippen LogP contribution in [0.4, 0.5) is 0 Å². The quantitative estimate of drug-likeness (QED) is 0.788. The van der Waals surface area contributed by atoms with Gasteiger partial charge in [-0.25, -0.2) is 0 Å². The molecule has 3 rings (SSSR count). The fourth-order valence-corrected chi connectivity index (χ4v) is 3.30. The molecular weight excluding hydrogens is 350 g/mol. The van der Waals surface area contributed by atoms with E-state index in [1.54, 1.807) is 12.1 Å². The zero-order chi connectivity index (χ0) is 19.8. The summed E-state index contributed by atoms with van der Waals surface area (Å²) in [6.07, 6.45) is 3.17. The van der Waals surface area contributed by atoms with Crippen LogP contribution in [0.15, 0.2) is 54.6 Å². The van der Waals surface area contributed by atoms with Crippen LogP contribution in [0.2, 0.25) is 0 Å². The van der Waals surface area contributed by atoms with Gasteiger partial charge in [0.25, 0.3) is 0 Å². The predicted octanol–water partition coefficient (Wildman–Crippen LogP) is 3.07. The number of amides is 1. The molecule has 1 saturated heterocycles. The zero-order valence-corrected chi connectivity index (χ0v) is 16.1. The van der Waals surface area contributed by atoms with Gasteiger partial charge in [0, 0.05) is 25.7 Å². The van der Waals surface area contributed by atoms with E-state index in [9.17, 15) is 4.79 Å². The topological polar surface area (TPSA) is 65.4 Å². The van der Waals surface area contributed by atoms with Crippen LogP contribution in [0.3, 0.4) is 0 Å². The van der Waals surface area contributed by atoms with Gasteiger partial charge in [-0.3, -0.25) is 9.69 Å². The van der Waals surface area contributed by atoms with E-state index in [1.807, 2.05) is 18.2 Å². The number of rotatable bonds is 6. The molecule has 1 amide bonds. The highest BCUT2D eigenvalue weighted by atomic mass is 16.5. The third-order valence-corrected chi connectivity index (χ3v) is 4.91. The molecule has 2 aromatic rings. The average Bonchev–Trinajstić information content (AvgIpc) is 2.74. The lowest BCUT2D eigenvalue weighted by atomic mass is 10.0. The molecule has 1 aliphatic heterocycles. The standard InChI is InChI=1S/C23H25N3O2/c1-18-6-8-20(9-7-18)22(26-12-14-28-15-13-26)17-25-23(27)11-10-19-4-2-3-5-21(19)16-24/h2-11,22H,12-15,17H2,1H3,(H,25,27)/b11-10+. The van der Waals surface area contributed by atoms with Gasteiger partial charge in [-0.1, -0.05) is 48.0 Å². The van der Waals surface area contributed by atoms with Crippen molar-refractivity contribution in [1.29, 1.82) is 5.26 Å². The highest BCUT2D eigenvalue weighted by molar-refractivity contribution is 5.92. The first-order chi connectivity index (χ1) is 13.7. The maximum absolute atomic E-state index is 12.4. The second-order valence-electron chi connectivity index (χ2n) is 6.85. The molecule has 0 aliphatic carbocycles. The Morgan fingerprint density at radius 1 is 1.21 bits per heavy atom. The van der Waals surface area contributed by atoms with Crippen LogP contribution in [0.25, 0.3) is 6.08 Å². The number of carbonyl (C=O) groups is 1. The fourth-order valence-electron chi connectivity index (χ4n) is 3.30. The summed E-state index contributed by atoms with van der Waals surface area (Å²) in [4.78, 5) is 14.7. The van der Waals surface area contributed by atoms with Crippen molar-refractivity contribution in [2.24, 2.45) is 0 Å². The Morgan fingerprint density at radius 2 is 1.93 bits per heavy atom. The number of benzene rings is 2. The maximum Gasteiger partial charge on any atom is 0.244 e. The third-order valence-electron chi connectivity index (χ3n) is 4.91. The summed E-state index contributed by atoms with van der Waals surface area (Å²) in [6, 6.07) is 17.9. The lowest BCUT2D eigenvalue weighted by Gasteiger charge is -2.35. The smallest absolute Gasteiger partial charge is 0.244 e. The van der Waals surface area contributed by atoms with Crippen LogP contribution in [0, 0.1) is 18.3 Å². The molecule has 1 aliphatic rings. The Bertz CT molecular complexity index is 862. The van der Waals surface area contributed by atoms with E-state index >= 15 is 0 Å². The fraction of sp³-hybridized carbons (Fsp3) is 0.304. The van der Waals surface area contributed by atoms with E-state index in [1.165, 1.54) is 17.2 Å². The van der Waals surface area contributed by atoms with E-state index in [4.69, 9.17) is 10.00 Å².